The number of aryl methyl sites for hydroxylation is 1. The second-order valence-electron chi connectivity index (χ2n) is 7.15. The lowest BCUT2D eigenvalue weighted by Crippen LogP contribution is -2.22. The number of aromatic nitrogens is 1. The van der Waals surface area contributed by atoms with Gasteiger partial charge in [0.15, 0.2) is 5.78 Å². The molecule has 2 nitrogen and oxygen atoms in total. The lowest BCUT2D eigenvalue weighted by Gasteiger charge is -2.29. The van der Waals surface area contributed by atoms with Crippen molar-refractivity contribution < 1.29 is 4.79 Å². The van der Waals surface area contributed by atoms with Crippen LogP contribution in [0.1, 0.15) is 54.7 Å². The first-order chi connectivity index (χ1) is 10.0. The fourth-order valence-corrected chi connectivity index (χ4v) is 3.75. The van der Waals surface area contributed by atoms with Gasteiger partial charge in [-0.05, 0) is 80.2 Å². The Morgan fingerprint density at radius 1 is 1.29 bits per heavy atom. The van der Waals surface area contributed by atoms with E-state index < -0.39 is 0 Å². The Kier molecular flexibility index (Phi) is 2.72. The van der Waals surface area contributed by atoms with Gasteiger partial charge in [-0.1, -0.05) is 6.92 Å². The van der Waals surface area contributed by atoms with Gasteiger partial charge in [-0.15, -0.1) is 0 Å². The van der Waals surface area contributed by atoms with Gasteiger partial charge < -0.3 is 0 Å². The van der Waals surface area contributed by atoms with Crippen molar-refractivity contribution in [3.8, 4) is 0 Å². The maximum Gasteiger partial charge on any atom is 0.159 e. The van der Waals surface area contributed by atoms with Crippen LogP contribution in [0.4, 0.5) is 0 Å². The molecule has 2 aromatic rings. The van der Waals surface area contributed by atoms with E-state index in [9.17, 15) is 4.79 Å². The summed E-state index contributed by atoms with van der Waals surface area (Å²) < 4.78 is 0. The molecule has 1 saturated carbocycles. The third-order valence-corrected chi connectivity index (χ3v) is 5.61. The van der Waals surface area contributed by atoms with E-state index in [0.29, 0.717) is 5.41 Å². The highest BCUT2D eigenvalue weighted by molar-refractivity contribution is 5.97. The lowest BCUT2D eigenvalue weighted by atomic mass is 9.77. The molecule has 0 aliphatic heterocycles. The van der Waals surface area contributed by atoms with E-state index in [1.165, 1.54) is 36.9 Å². The number of nitrogens with zero attached hydrogens (tertiary/aromatic N) is 1. The fourth-order valence-electron chi connectivity index (χ4n) is 3.75. The minimum Gasteiger partial charge on any atom is -0.295 e. The molecule has 0 N–H and O–H groups in total. The molecule has 108 valence electrons. The highest BCUT2D eigenvalue weighted by Gasteiger charge is 2.45. The van der Waals surface area contributed by atoms with Gasteiger partial charge in [0.1, 0.15) is 0 Å². The number of rotatable bonds is 2. The Hall–Kier alpha value is -1.70. The van der Waals surface area contributed by atoms with Gasteiger partial charge in [-0.3, -0.25) is 9.78 Å². The number of carbonyl (C=O) groups excluding carboxylic acids is 1. The van der Waals surface area contributed by atoms with Crippen LogP contribution in [0.25, 0.3) is 10.9 Å². The summed E-state index contributed by atoms with van der Waals surface area (Å²) in [5, 5.41) is 1.11. The smallest absolute Gasteiger partial charge is 0.159 e. The average Bonchev–Trinajstić information content (AvgIpc) is 3.23. The second kappa shape index (κ2) is 4.40. The van der Waals surface area contributed by atoms with Crippen molar-refractivity contribution in [3.05, 3.63) is 41.1 Å². The van der Waals surface area contributed by atoms with Gasteiger partial charge in [0.2, 0.25) is 0 Å². The first kappa shape index (κ1) is 13.0. The van der Waals surface area contributed by atoms with Gasteiger partial charge in [0.25, 0.3) is 0 Å². The number of pyridine rings is 1. The topological polar surface area (TPSA) is 30.0 Å². The van der Waals surface area contributed by atoms with Gasteiger partial charge in [0, 0.05) is 16.6 Å². The second-order valence-corrected chi connectivity index (χ2v) is 7.15. The Labute approximate surface area is 125 Å². The Morgan fingerprint density at radius 2 is 2.10 bits per heavy atom. The van der Waals surface area contributed by atoms with Gasteiger partial charge in [-0.2, -0.15) is 0 Å². The number of carbonyl (C=O) groups is 1. The van der Waals surface area contributed by atoms with Crippen molar-refractivity contribution in [2.24, 2.45) is 11.3 Å². The van der Waals surface area contributed by atoms with Gasteiger partial charge in [0.05, 0.1) is 5.52 Å². The quantitative estimate of drug-likeness (QED) is 0.765. The maximum atomic E-state index is 11.5. The normalized spacial score (nSPS) is 22.9. The van der Waals surface area contributed by atoms with Crippen LogP contribution in [0, 0.1) is 11.3 Å². The molecule has 0 spiro atoms. The first-order valence-corrected chi connectivity index (χ1v) is 7.99. The Balaban J connectivity index is 1.76. The molecule has 1 atom stereocenters. The standard InChI is InChI=1S/C19H21NO/c1-12(21)13-3-5-17-14(9-13)10-15-11-16(19(2)7-8-19)4-6-18(15)20-17/h3,5,9-10,16H,4,6-8,11H2,1-2H3/t16-/m0/s1. The molecule has 1 aromatic carbocycles. The number of hydrogen-bond donors (Lipinski definition) is 0. The molecular weight excluding hydrogens is 258 g/mol. The predicted molar refractivity (Wildman–Crippen MR) is 84.6 cm³/mol. The molecule has 0 amide bonds. The third kappa shape index (κ3) is 2.17. The van der Waals surface area contributed by atoms with Crippen LogP contribution >= 0.6 is 0 Å². The van der Waals surface area contributed by atoms with Crippen molar-refractivity contribution in [2.45, 2.75) is 46.0 Å². The number of ketones is 1. The fraction of sp³-hybridized carbons (Fsp3) is 0.474. The lowest BCUT2D eigenvalue weighted by molar-refractivity contribution is 0.101. The summed E-state index contributed by atoms with van der Waals surface area (Å²) in [4.78, 5) is 16.4. The van der Waals surface area contributed by atoms with Gasteiger partial charge >= 0.3 is 0 Å². The maximum absolute atomic E-state index is 11.5. The molecular formula is C19H21NO. The van der Waals surface area contributed by atoms with Crippen LogP contribution in [-0.2, 0) is 12.8 Å². The number of fused-ring (bicyclic) bond motifs is 2. The van der Waals surface area contributed by atoms with Crippen LogP contribution < -0.4 is 0 Å². The summed E-state index contributed by atoms with van der Waals surface area (Å²) >= 11 is 0. The number of benzene rings is 1. The third-order valence-electron chi connectivity index (χ3n) is 5.61. The molecule has 2 aliphatic carbocycles. The molecule has 1 aromatic heterocycles. The highest BCUT2D eigenvalue weighted by atomic mass is 16.1. The van der Waals surface area contributed by atoms with Crippen molar-refractivity contribution in [2.75, 3.05) is 0 Å². The van der Waals surface area contributed by atoms with Crippen LogP contribution in [0.3, 0.4) is 0 Å². The van der Waals surface area contributed by atoms with E-state index in [4.69, 9.17) is 4.98 Å². The van der Waals surface area contributed by atoms with E-state index in [1.807, 2.05) is 18.2 Å². The van der Waals surface area contributed by atoms with Crippen LogP contribution in [0.15, 0.2) is 24.3 Å². The van der Waals surface area contributed by atoms with E-state index in [-0.39, 0.29) is 5.78 Å². The van der Waals surface area contributed by atoms with Gasteiger partial charge in [-0.25, -0.2) is 0 Å². The van der Waals surface area contributed by atoms with Crippen LogP contribution in [-0.4, -0.2) is 10.8 Å². The molecule has 2 heteroatoms. The van der Waals surface area contributed by atoms with E-state index in [0.717, 1.165) is 28.8 Å². The molecule has 21 heavy (non-hydrogen) atoms. The number of Topliss-reactive ketones (excluding diaryl/α,β-unsaturated/α-hetero) is 1. The van der Waals surface area contributed by atoms with Crippen LogP contribution in [0.5, 0.6) is 0 Å². The summed E-state index contributed by atoms with van der Waals surface area (Å²) in [5.41, 5.74) is 5.08. The summed E-state index contributed by atoms with van der Waals surface area (Å²) in [6, 6.07) is 8.15. The van der Waals surface area contributed by atoms with E-state index in [2.05, 4.69) is 13.0 Å². The molecule has 4 rings (SSSR count). The van der Waals surface area contributed by atoms with Crippen molar-refractivity contribution in [1.82, 2.24) is 4.98 Å². The zero-order valence-electron chi connectivity index (χ0n) is 12.8. The summed E-state index contributed by atoms with van der Waals surface area (Å²) in [6.07, 6.45) is 6.34. The zero-order chi connectivity index (χ0) is 14.6. The minimum atomic E-state index is 0.123. The molecule has 0 radical (unpaired) electrons. The first-order valence-electron chi connectivity index (χ1n) is 7.99. The zero-order valence-corrected chi connectivity index (χ0v) is 12.8. The van der Waals surface area contributed by atoms with Crippen molar-refractivity contribution in [3.63, 3.8) is 0 Å². The van der Waals surface area contributed by atoms with Crippen molar-refractivity contribution in [1.29, 1.82) is 0 Å². The Morgan fingerprint density at radius 3 is 2.81 bits per heavy atom. The summed E-state index contributed by atoms with van der Waals surface area (Å²) in [7, 11) is 0. The van der Waals surface area contributed by atoms with Crippen molar-refractivity contribution >= 4 is 16.7 Å². The van der Waals surface area contributed by atoms with E-state index in [1.54, 1.807) is 6.92 Å². The summed E-state index contributed by atoms with van der Waals surface area (Å²) in [5.74, 6) is 0.943. The average molecular weight is 279 g/mol. The molecule has 0 saturated heterocycles. The van der Waals surface area contributed by atoms with E-state index >= 15 is 0 Å². The Bertz CT molecular complexity index is 743. The molecule has 1 heterocycles. The molecule has 1 fully saturated rings. The summed E-state index contributed by atoms with van der Waals surface area (Å²) in [6.45, 7) is 4.06. The van der Waals surface area contributed by atoms with Crippen LogP contribution in [0.2, 0.25) is 0 Å². The molecule has 0 unspecified atom stereocenters. The molecule has 2 aliphatic rings. The minimum absolute atomic E-state index is 0.123. The monoisotopic (exact) mass is 279 g/mol. The molecule has 0 bridgehead atoms. The SMILES string of the molecule is CC(=O)c1ccc2nc3c(cc2c1)C[C@@H](C1(C)CC1)CC3. The largest absolute Gasteiger partial charge is 0.295 e. The highest BCUT2D eigenvalue weighted by Crippen LogP contribution is 2.55. The number of hydrogen-bond acceptors (Lipinski definition) is 2. The predicted octanol–water partition coefficient (Wildman–Crippen LogP) is 4.34.